The van der Waals surface area contributed by atoms with Gasteiger partial charge in [-0.2, -0.15) is 13.2 Å². The van der Waals surface area contributed by atoms with Crippen LogP contribution in [-0.4, -0.2) is 13.8 Å². The molecule has 1 aromatic rings. The molecule has 15 heavy (non-hydrogen) atoms. The Bertz CT molecular complexity index is 375. The van der Waals surface area contributed by atoms with Crippen LogP contribution in [-0.2, 0) is 17.5 Å². The lowest BCUT2D eigenvalue weighted by Gasteiger charge is -2.28. The average Bonchev–Trinajstić information content (AvgIpc) is 2.16. The number of anilines is 1. The third kappa shape index (κ3) is 1.92. The van der Waals surface area contributed by atoms with Crippen LogP contribution in [0.4, 0.5) is 18.9 Å². The van der Waals surface area contributed by atoms with Crippen molar-refractivity contribution in [1.82, 2.24) is 0 Å². The molecular formula is C10H10F3NO. The molecule has 0 radical (unpaired) electrons. The van der Waals surface area contributed by atoms with E-state index in [2.05, 4.69) is 0 Å². The Labute approximate surface area is 85.3 Å². The Hall–Kier alpha value is -1.23. The first-order valence-electron chi connectivity index (χ1n) is 4.47. The maximum Gasteiger partial charge on any atom is 0.416 e. The largest absolute Gasteiger partial charge is 0.416 e. The predicted octanol–water partition coefficient (Wildman–Crippen LogP) is 2.63. The molecule has 1 aliphatic heterocycles. The SMILES string of the molecule is CN1COCc2ccc(C(F)(F)F)cc21. The van der Waals surface area contributed by atoms with Gasteiger partial charge in [0.1, 0.15) is 6.73 Å². The highest BCUT2D eigenvalue weighted by Gasteiger charge is 2.31. The van der Waals surface area contributed by atoms with Crippen LogP contribution in [0.15, 0.2) is 18.2 Å². The van der Waals surface area contributed by atoms with E-state index in [0.29, 0.717) is 19.0 Å². The minimum absolute atomic E-state index is 0.328. The Morgan fingerprint density at radius 2 is 2.07 bits per heavy atom. The summed E-state index contributed by atoms with van der Waals surface area (Å²) in [5, 5.41) is 0. The summed E-state index contributed by atoms with van der Waals surface area (Å²) in [4.78, 5) is 1.66. The van der Waals surface area contributed by atoms with Crippen LogP contribution in [0.5, 0.6) is 0 Å². The van der Waals surface area contributed by atoms with Gasteiger partial charge in [0, 0.05) is 18.3 Å². The Morgan fingerprint density at radius 1 is 1.33 bits per heavy atom. The van der Waals surface area contributed by atoms with Crippen molar-refractivity contribution in [3.8, 4) is 0 Å². The topological polar surface area (TPSA) is 12.5 Å². The maximum atomic E-state index is 12.4. The minimum atomic E-state index is -4.28. The number of hydrogen-bond acceptors (Lipinski definition) is 2. The fourth-order valence-electron chi connectivity index (χ4n) is 1.58. The van der Waals surface area contributed by atoms with Gasteiger partial charge in [0.05, 0.1) is 12.2 Å². The Morgan fingerprint density at radius 3 is 2.73 bits per heavy atom. The highest BCUT2D eigenvalue weighted by molar-refractivity contribution is 5.56. The van der Waals surface area contributed by atoms with E-state index < -0.39 is 11.7 Å². The zero-order chi connectivity index (χ0) is 11.1. The van der Waals surface area contributed by atoms with Crippen molar-refractivity contribution in [1.29, 1.82) is 0 Å². The molecule has 0 bridgehead atoms. The van der Waals surface area contributed by atoms with Crippen molar-refractivity contribution in [3.05, 3.63) is 29.3 Å². The van der Waals surface area contributed by atoms with Crippen molar-refractivity contribution in [2.24, 2.45) is 0 Å². The number of rotatable bonds is 0. The Balaban J connectivity index is 2.44. The third-order valence-corrected chi connectivity index (χ3v) is 2.37. The first-order valence-corrected chi connectivity index (χ1v) is 4.47. The first-order chi connectivity index (χ1) is 6.98. The molecule has 2 nitrogen and oxygen atoms in total. The number of alkyl halides is 3. The molecule has 0 saturated heterocycles. The minimum Gasteiger partial charge on any atom is -0.356 e. The number of hydrogen-bond donors (Lipinski definition) is 0. The lowest BCUT2D eigenvalue weighted by molar-refractivity contribution is -0.137. The summed E-state index contributed by atoms with van der Waals surface area (Å²) in [6.45, 7) is 0.701. The second-order valence-electron chi connectivity index (χ2n) is 3.52. The van der Waals surface area contributed by atoms with E-state index in [1.807, 2.05) is 0 Å². The zero-order valence-corrected chi connectivity index (χ0v) is 8.14. The maximum absolute atomic E-state index is 12.4. The van der Waals surface area contributed by atoms with Crippen molar-refractivity contribution < 1.29 is 17.9 Å². The van der Waals surface area contributed by atoms with Gasteiger partial charge in [-0.1, -0.05) is 6.07 Å². The van der Waals surface area contributed by atoms with Gasteiger partial charge in [-0.3, -0.25) is 0 Å². The normalized spacial score (nSPS) is 16.4. The summed E-state index contributed by atoms with van der Waals surface area (Å²) in [7, 11) is 1.71. The molecule has 0 aliphatic carbocycles. The van der Waals surface area contributed by atoms with E-state index >= 15 is 0 Å². The van der Waals surface area contributed by atoms with Crippen LogP contribution < -0.4 is 4.90 Å². The number of benzene rings is 1. The average molecular weight is 217 g/mol. The van der Waals surface area contributed by atoms with Gasteiger partial charge in [-0.15, -0.1) is 0 Å². The van der Waals surface area contributed by atoms with Gasteiger partial charge in [-0.05, 0) is 12.1 Å². The monoisotopic (exact) mass is 217 g/mol. The highest BCUT2D eigenvalue weighted by Crippen LogP contribution is 2.34. The van der Waals surface area contributed by atoms with Crippen molar-refractivity contribution in [2.45, 2.75) is 12.8 Å². The molecule has 2 rings (SSSR count). The van der Waals surface area contributed by atoms with E-state index in [1.54, 1.807) is 11.9 Å². The molecule has 5 heteroatoms. The molecule has 1 aliphatic rings. The van der Waals surface area contributed by atoms with Crippen LogP contribution in [0.3, 0.4) is 0 Å². The molecular weight excluding hydrogens is 207 g/mol. The van der Waals surface area contributed by atoms with Gasteiger partial charge < -0.3 is 9.64 Å². The molecule has 0 aromatic heterocycles. The molecule has 0 fully saturated rings. The summed E-state index contributed by atoms with van der Waals surface area (Å²) < 4.78 is 42.5. The summed E-state index contributed by atoms with van der Waals surface area (Å²) in [6, 6.07) is 3.72. The second-order valence-corrected chi connectivity index (χ2v) is 3.52. The van der Waals surface area contributed by atoms with Gasteiger partial charge in [0.25, 0.3) is 0 Å². The number of fused-ring (bicyclic) bond motifs is 1. The van der Waals surface area contributed by atoms with Crippen LogP contribution in [0.1, 0.15) is 11.1 Å². The van der Waals surface area contributed by atoms with E-state index in [1.165, 1.54) is 6.07 Å². The number of halogens is 3. The zero-order valence-electron chi connectivity index (χ0n) is 8.14. The van der Waals surface area contributed by atoms with Gasteiger partial charge >= 0.3 is 6.18 Å². The van der Waals surface area contributed by atoms with Crippen molar-refractivity contribution in [3.63, 3.8) is 0 Å². The second kappa shape index (κ2) is 3.41. The molecule has 0 unspecified atom stereocenters. The number of nitrogens with zero attached hydrogens (tertiary/aromatic N) is 1. The van der Waals surface area contributed by atoms with Crippen LogP contribution in [0.25, 0.3) is 0 Å². The smallest absolute Gasteiger partial charge is 0.356 e. The lowest BCUT2D eigenvalue weighted by Crippen LogP contribution is -2.27. The summed E-state index contributed by atoms with van der Waals surface area (Å²) in [5.74, 6) is 0. The molecule has 0 amide bonds. The molecule has 0 spiro atoms. The Kier molecular flexibility index (Phi) is 2.34. The molecule has 82 valence electrons. The van der Waals surface area contributed by atoms with Crippen molar-refractivity contribution in [2.75, 3.05) is 18.7 Å². The molecule has 1 heterocycles. The van der Waals surface area contributed by atoms with Gasteiger partial charge in [0.2, 0.25) is 0 Å². The fourth-order valence-corrected chi connectivity index (χ4v) is 1.58. The summed E-state index contributed by atoms with van der Waals surface area (Å²) in [5.41, 5.74) is 0.767. The lowest BCUT2D eigenvalue weighted by atomic mass is 10.1. The van der Waals surface area contributed by atoms with Crippen LogP contribution in [0.2, 0.25) is 0 Å². The first kappa shape index (κ1) is 10.3. The molecule has 0 N–H and O–H groups in total. The summed E-state index contributed by atoms with van der Waals surface area (Å²) in [6.07, 6.45) is -4.28. The molecule has 1 aromatic carbocycles. The summed E-state index contributed by atoms with van der Waals surface area (Å²) >= 11 is 0. The third-order valence-electron chi connectivity index (χ3n) is 2.37. The van der Waals surface area contributed by atoms with Gasteiger partial charge in [-0.25, -0.2) is 0 Å². The number of ether oxygens (including phenoxy) is 1. The fraction of sp³-hybridized carbons (Fsp3) is 0.400. The standard InChI is InChI=1S/C10H10F3NO/c1-14-6-15-5-7-2-3-8(4-9(7)14)10(11,12)13/h2-4H,5-6H2,1H3. The van der Waals surface area contributed by atoms with E-state index in [0.717, 1.165) is 17.7 Å². The molecule has 0 saturated carbocycles. The van der Waals surface area contributed by atoms with E-state index in [9.17, 15) is 13.2 Å². The predicted molar refractivity (Wildman–Crippen MR) is 49.5 cm³/mol. The molecule has 0 atom stereocenters. The quantitative estimate of drug-likeness (QED) is 0.662. The van der Waals surface area contributed by atoms with Crippen LogP contribution >= 0.6 is 0 Å². The highest BCUT2D eigenvalue weighted by atomic mass is 19.4. The van der Waals surface area contributed by atoms with E-state index in [4.69, 9.17) is 4.74 Å². The van der Waals surface area contributed by atoms with Crippen molar-refractivity contribution >= 4 is 5.69 Å². The van der Waals surface area contributed by atoms with Crippen LogP contribution in [0, 0.1) is 0 Å². The van der Waals surface area contributed by atoms with Gasteiger partial charge in [0.15, 0.2) is 0 Å². The van der Waals surface area contributed by atoms with E-state index in [-0.39, 0.29) is 0 Å².